The number of amides is 1. The van der Waals surface area contributed by atoms with Crippen molar-refractivity contribution in [1.29, 1.82) is 0 Å². The Morgan fingerprint density at radius 3 is 2.24 bits per heavy atom. The highest BCUT2D eigenvalue weighted by molar-refractivity contribution is 5.94. The van der Waals surface area contributed by atoms with Gasteiger partial charge in [0.2, 0.25) is 0 Å². The van der Waals surface area contributed by atoms with Crippen LogP contribution in [0.5, 0.6) is 0 Å². The van der Waals surface area contributed by atoms with Gasteiger partial charge in [0.1, 0.15) is 0 Å². The fourth-order valence-electron chi connectivity index (χ4n) is 1.94. The second-order valence-electron chi connectivity index (χ2n) is 6.61. The summed E-state index contributed by atoms with van der Waals surface area (Å²) in [5, 5.41) is 3.06. The lowest BCUT2D eigenvalue weighted by atomic mass is 9.88. The number of hydrogen-bond acceptors (Lipinski definition) is 1. The Labute approximate surface area is 127 Å². The number of nitrogens with zero attached hydrogens (tertiary/aromatic N) is 1. The molecule has 3 heteroatoms. The van der Waals surface area contributed by atoms with Crippen LogP contribution in [0.2, 0.25) is 0 Å². The Morgan fingerprint density at radius 2 is 1.71 bits per heavy atom. The molecule has 1 atom stereocenters. The van der Waals surface area contributed by atoms with Gasteiger partial charge >= 0.3 is 0 Å². The lowest BCUT2D eigenvalue weighted by Crippen LogP contribution is -2.41. The van der Waals surface area contributed by atoms with Crippen LogP contribution in [0, 0.1) is 5.41 Å². The first-order valence-electron chi connectivity index (χ1n) is 7.37. The second-order valence-corrected chi connectivity index (χ2v) is 6.61. The highest BCUT2D eigenvalue weighted by Gasteiger charge is 2.22. The van der Waals surface area contributed by atoms with Gasteiger partial charge < -0.3 is 9.88 Å². The zero-order chi connectivity index (χ0) is 15.5. The van der Waals surface area contributed by atoms with Crippen LogP contribution in [0.3, 0.4) is 0 Å². The van der Waals surface area contributed by atoms with E-state index >= 15 is 0 Å². The Morgan fingerprint density at radius 1 is 1.14 bits per heavy atom. The molecule has 0 saturated carbocycles. The van der Waals surface area contributed by atoms with Gasteiger partial charge in [-0.15, -0.1) is 0 Å². The van der Waals surface area contributed by atoms with Crippen LogP contribution in [-0.2, 0) is 6.54 Å². The maximum atomic E-state index is 12.2. The summed E-state index contributed by atoms with van der Waals surface area (Å²) in [6.45, 7) is 9.24. The van der Waals surface area contributed by atoms with Crippen molar-refractivity contribution in [3.63, 3.8) is 0 Å². The standard InChI is InChI=1S/C18H24N2O/c1-14(18(2,3)4)19-17(21)16-9-7-15(8-10-16)13-20-11-5-6-12-20/h5-12,14H,13H2,1-4H3,(H,19,21). The van der Waals surface area contributed by atoms with Gasteiger partial charge in [-0.25, -0.2) is 0 Å². The summed E-state index contributed by atoms with van der Waals surface area (Å²) >= 11 is 0. The van der Waals surface area contributed by atoms with Crippen molar-refractivity contribution in [2.75, 3.05) is 0 Å². The molecule has 2 aromatic rings. The van der Waals surface area contributed by atoms with E-state index in [0.29, 0.717) is 5.56 Å². The quantitative estimate of drug-likeness (QED) is 0.912. The molecule has 112 valence electrons. The lowest BCUT2D eigenvalue weighted by Gasteiger charge is -2.28. The normalized spacial score (nSPS) is 13.0. The molecule has 0 radical (unpaired) electrons. The van der Waals surface area contributed by atoms with E-state index in [9.17, 15) is 4.79 Å². The van der Waals surface area contributed by atoms with E-state index in [1.54, 1.807) is 0 Å². The van der Waals surface area contributed by atoms with Crippen molar-refractivity contribution in [2.45, 2.75) is 40.3 Å². The van der Waals surface area contributed by atoms with Crippen molar-refractivity contribution >= 4 is 5.91 Å². The minimum Gasteiger partial charge on any atom is -0.350 e. The van der Waals surface area contributed by atoms with Crippen molar-refractivity contribution in [1.82, 2.24) is 9.88 Å². The summed E-state index contributed by atoms with van der Waals surface area (Å²) in [5.74, 6) is -0.00932. The van der Waals surface area contributed by atoms with E-state index in [-0.39, 0.29) is 17.4 Å². The van der Waals surface area contributed by atoms with E-state index in [0.717, 1.165) is 6.54 Å². The topological polar surface area (TPSA) is 34.0 Å². The zero-order valence-corrected chi connectivity index (χ0v) is 13.3. The third-order valence-corrected chi connectivity index (χ3v) is 3.89. The average molecular weight is 284 g/mol. The van der Waals surface area contributed by atoms with Gasteiger partial charge in [-0.05, 0) is 42.2 Å². The first kappa shape index (κ1) is 15.4. The molecule has 0 aliphatic carbocycles. The third-order valence-electron chi connectivity index (χ3n) is 3.89. The van der Waals surface area contributed by atoms with Crippen LogP contribution < -0.4 is 5.32 Å². The van der Waals surface area contributed by atoms with E-state index in [1.165, 1.54) is 5.56 Å². The molecule has 1 aromatic carbocycles. The summed E-state index contributed by atoms with van der Waals surface area (Å²) in [6.07, 6.45) is 4.07. The number of carbonyl (C=O) groups is 1. The molecule has 1 aromatic heterocycles. The van der Waals surface area contributed by atoms with Crippen LogP contribution in [0.15, 0.2) is 48.8 Å². The van der Waals surface area contributed by atoms with E-state index < -0.39 is 0 Å². The molecule has 1 amide bonds. The highest BCUT2D eigenvalue weighted by atomic mass is 16.1. The van der Waals surface area contributed by atoms with Gasteiger partial charge in [0.05, 0.1) is 0 Å². The average Bonchev–Trinajstić information content (AvgIpc) is 2.91. The maximum Gasteiger partial charge on any atom is 0.251 e. The number of hydrogen-bond donors (Lipinski definition) is 1. The molecule has 1 heterocycles. The molecule has 0 aliphatic heterocycles. The van der Waals surface area contributed by atoms with Crippen LogP contribution in [0.4, 0.5) is 0 Å². The first-order valence-corrected chi connectivity index (χ1v) is 7.37. The number of aromatic nitrogens is 1. The molecule has 21 heavy (non-hydrogen) atoms. The smallest absolute Gasteiger partial charge is 0.251 e. The minimum atomic E-state index is -0.00932. The van der Waals surface area contributed by atoms with Crippen LogP contribution >= 0.6 is 0 Å². The zero-order valence-electron chi connectivity index (χ0n) is 13.3. The minimum absolute atomic E-state index is 0.00932. The van der Waals surface area contributed by atoms with Crippen LogP contribution in [-0.4, -0.2) is 16.5 Å². The monoisotopic (exact) mass is 284 g/mol. The highest BCUT2D eigenvalue weighted by Crippen LogP contribution is 2.19. The molecule has 1 unspecified atom stereocenters. The third kappa shape index (κ3) is 4.22. The van der Waals surface area contributed by atoms with Gasteiger partial charge in [0.25, 0.3) is 5.91 Å². The summed E-state index contributed by atoms with van der Waals surface area (Å²) in [4.78, 5) is 12.2. The SMILES string of the molecule is CC(NC(=O)c1ccc(Cn2cccc2)cc1)C(C)(C)C. The summed E-state index contributed by atoms with van der Waals surface area (Å²) in [5.41, 5.74) is 1.96. The molecule has 0 bridgehead atoms. The van der Waals surface area contributed by atoms with Gasteiger partial charge in [-0.1, -0.05) is 32.9 Å². The van der Waals surface area contributed by atoms with Gasteiger partial charge in [0, 0.05) is 30.5 Å². The number of benzene rings is 1. The Hall–Kier alpha value is -2.03. The van der Waals surface area contributed by atoms with E-state index in [1.807, 2.05) is 55.7 Å². The van der Waals surface area contributed by atoms with Crippen molar-refractivity contribution in [3.8, 4) is 0 Å². The Balaban J connectivity index is 2.00. The lowest BCUT2D eigenvalue weighted by molar-refractivity contribution is 0.0910. The molecular weight excluding hydrogens is 260 g/mol. The van der Waals surface area contributed by atoms with Gasteiger partial charge in [0.15, 0.2) is 0 Å². The largest absolute Gasteiger partial charge is 0.350 e. The van der Waals surface area contributed by atoms with Crippen LogP contribution in [0.25, 0.3) is 0 Å². The first-order chi connectivity index (χ1) is 9.86. The molecule has 0 fully saturated rings. The van der Waals surface area contributed by atoms with Gasteiger partial charge in [-0.3, -0.25) is 4.79 Å². The number of nitrogens with one attached hydrogen (secondary N) is 1. The van der Waals surface area contributed by atoms with E-state index in [2.05, 4.69) is 30.7 Å². The van der Waals surface area contributed by atoms with Crippen molar-refractivity contribution in [3.05, 3.63) is 59.9 Å². The molecule has 0 aliphatic rings. The Bertz CT molecular complexity index is 577. The summed E-state index contributed by atoms with van der Waals surface area (Å²) in [7, 11) is 0. The van der Waals surface area contributed by atoms with E-state index in [4.69, 9.17) is 0 Å². The molecule has 0 saturated heterocycles. The number of carbonyl (C=O) groups excluding carboxylic acids is 1. The molecule has 1 N–H and O–H groups in total. The summed E-state index contributed by atoms with van der Waals surface area (Å²) < 4.78 is 2.11. The summed E-state index contributed by atoms with van der Waals surface area (Å²) in [6, 6.07) is 12.0. The Kier molecular flexibility index (Phi) is 4.51. The maximum absolute atomic E-state index is 12.2. The molecule has 2 rings (SSSR count). The fraction of sp³-hybridized carbons (Fsp3) is 0.389. The predicted octanol–water partition coefficient (Wildman–Crippen LogP) is 3.70. The van der Waals surface area contributed by atoms with Crippen molar-refractivity contribution in [2.24, 2.45) is 5.41 Å². The molecule has 0 spiro atoms. The van der Waals surface area contributed by atoms with Crippen molar-refractivity contribution < 1.29 is 4.79 Å². The predicted molar refractivity (Wildman–Crippen MR) is 86.4 cm³/mol. The molecule has 3 nitrogen and oxygen atoms in total. The molecular formula is C18H24N2O. The number of rotatable bonds is 4. The van der Waals surface area contributed by atoms with Gasteiger partial charge in [-0.2, -0.15) is 0 Å². The van der Waals surface area contributed by atoms with Crippen LogP contribution in [0.1, 0.15) is 43.6 Å². The fourth-order valence-corrected chi connectivity index (χ4v) is 1.94. The second kappa shape index (κ2) is 6.17.